The topological polar surface area (TPSA) is 63.3 Å². The molecule has 0 saturated heterocycles. The van der Waals surface area contributed by atoms with Crippen molar-refractivity contribution < 1.29 is 9.90 Å². The standard InChI is InChI=1S/C6H13NO2.Li.H/c1-4(2)3-5(7)6(8)9;;/h4-5H,3,7H2,1-2H3,(H,8,9);;. The molecule has 0 radical (unpaired) electrons. The summed E-state index contributed by atoms with van der Waals surface area (Å²) in [6.45, 7) is 3.89. The Morgan fingerprint density at radius 2 is 2.00 bits per heavy atom. The Morgan fingerprint density at radius 1 is 1.60 bits per heavy atom. The van der Waals surface area contributed by atoms with Crippen LogP contribution >= 0.6 is 0 Å². The van der Waals surface area contributed by atoms with Crippen molar-refractivity contribution in [3.05, 3.63) is 0 Å². The molecule has 0 amide bonds. The molecule has 0 heterocycles. The molecule has 0 aromatic rings. The van der Waals surface area contributed by atoms with Gasteiger partial charge in [0.25, 0.3) is 0 Å². The molecule has 0 fully saturated rings. The zero-order valence-electron chi connectivity index (χ0n) is 5.79. The van der Waals surface area contributed by atoms with E-state index in [1.807, 2.05) is 13.8 Å². The summed E-state index contributed by atoms with van der Waals surface area (Å²) < 4.78 is 0. The van der Waals surface area contributed by atoms with E-state index in [1.54, 1.807) is 0 Å². The van der Waals surface area contributed by atoms with Crippen LogP contribution < -0.4 is 5.73 Å². The van der Waals surface area contributed by atoms with E-state index in [-0.39, 0.29) is 18.9 Å². The van der Waals surface area contributed by atoms with Gasteiger partial charge in [-0.15, -0.1) is 0 Å². The number of carboxylic acids is 1. The molecule has 10 heavy (non-hydrogen) atoms. The molecule has 0 aliphatic rings. The van der Waals surface area contributed by atoms with Crippen LogP contribution in [-0.2, 0) is 4.79 Å². The van der Waals surface area contributed by atoms with E-state index < -0.39 is 12.0 Å². The van der Waals surface area contributed by atoms with Gasteiger partial charge in [-0.05, 0) is 12.3 Å². The first-order valence-corrected chi connectivity index (χ1v) is 3.02. The van der Waals surface area contributed by atoms with Gasteiger partial charge in [-0.1, -0.05) is 13.8 Å². The van der Waals surface area contributed by atoms with Crippen molar-refractivity contribution in [2.75, 3.05) is 0 Å². The van der Waals surface area contributed by atoms with Gasteiger partial charge in [0.2, 0.25) is 0 Å². The number of aliphatic carboxylic acids is 1. The second-order valence-electron chi connectivity index (χ2n) is 2.57. The summed E-state index contributed by atoms with van der Waals surface area (Å²) in [5, 5.41) is 8.31. The van der Waals surface area contributed by atoms with E-state index in [4.69, 9.17) is 10.8 Å². The van der Waals surface area contributed by atoms with Crippen molar-refractivity contribution >= 4 is 24.8 Å². The normalized spacial score (nSPS) is 12.4. The van der Waals surface area contributed by atoms with Crippen LogP contribution in [0.3, 0.4) is 0 Å². The van der Waals surface area contributed by atoms with Gasteiger partial charge in [-0.3, -0.25) is 4.79 Å². The predicted molar refractivity (Wildman–Crippen MR) is 42.2 cm³/mol. The van der Waals surface area contributed by atoms with Crippen LogP contribution in [0, 0.1) is 5.92 Å². The molecule has 0 aliphatic heterocycles. The number of hydrogen-bond acceptors (Lipinski definition) is 2. The second-order valence-corrected chi connectivity index (χ2v) is 2.57. The van der Waals surface area contributed by atoms with Gasteiger partial charge >= 0.3 is 24.8 Å². The number of nitrogens with two attached hydrogens (primary N) is 1. The van der Waals surface area contributed by atoms with Crippen LogP contribution in [-0.4, -0.2) is 36.0 Å². The summed E-state index contributed by atoms with van der Waals surface area (Å²) in [5.74, 6) is -0.556. The molecule has 0 aromatic heterocycles. The van der Waals surface area contributed by atoms with Gasteiger partial charge in [0.1, 0.15) is 6.04 Å². The molecular formula is C6H14LiNO2. The van der Waals surface area contributed by atoms with Crippen LogP contribution in [0.1, 0.15) is 20.3 Å². The Balaban J connectivity index is 0. The van der Waals surface area contributed by atoms with Crippen molar-refractivity contribution in [1.82, 2.24) is 0 Å². The fourth-order valence-corrected chi connectivity index (χ4v) is 0.609. The fourth-order valence-electron chi connectivity index (χ4n) is 0.609. The molecule has 0 aromatic carbocycles. The number of carboxylic acid groups (broad SMARTS) is 1. The van der Waals surface area contributed by atoms with Crippen LogP contribution in [0.4, 0.5) is 0 Å². The molecule has 0 aliphatic carbocycles. The molecule has 4 heteroatoms. The monoisotopic (exact) mass is 139 g/mol. The van der Waals surface area contributed by atoms with Crippen LogP contribution in [0.15, 0.2) is 0 Å². The number of hydrogen-bond donors (Lipinski definition) is 2. The van der Waals surface area contributed by atoms with Crippen molar-refractivity contribution in [2.45, 2.75) is 26.3 Å². The van der Waals surface area contributed by atoms with Crippen molar-refractivity contribution in [3.63, 3.8) is 0 Å². The Labute approximate surface area is 73.2 Å². The van der Waals surface area contributed by atoms with E-state index in [0.29, 0.717) is 12.3 Å². The average Bonchev–Trinajstić information content (AvgIpc) is 1.63. The fraction of sp³-hybridized carbons (Fsp3) is 0.833. The van der Waals surface area contributed by atoms with E-state index >= 15 is 0 Å². The molecule has 0 rings (SSSR count). The second kappa shape index (κ2) is 5.79. The van der Waals surface area contributed by atoms with Crippen LogP contribution in [0.5, 0.6) is 0 Å². The molecule has 3 N–H and O–H groups in total. The van der Waals surface area contributed by atoms with Crippen LogP contribution in [0.2, 0.25) is 0 Å². The summed E-state index contributed by atoms with van der Waals surface area (Å²) in [4.78, 5) is 10.1. The summed E-state index contributed by atoms with van der Waals surface area (Å²) in [7, 11) is 0. The van der Waals surface area contributed by atoms with Crippen LogP contribution in [0.25, 0.3) is 0 Å². The Hall–Kier alpha value is 0.0274. The van der Waals surface area contributed by atoms with Gasteiger partial charge in [0.05, 0.1) is 0 Å². The van der Waals surface area contributed by atoms with Gasteiger partial charge in [-0.2, -0.15) is 0 Å². The summed E-state index contributed by atoms with van der Waals surface area (Å²) in [5.41, 5.74) is 5.22. The van der Waals surface area contributed by atoms with Gasteiger partial charge in [0.15, 0.2) is 0 Å². The third-order valence-electron chi connectivity index (χ3n) is 1.04. The Kier molecular flexibility index (Phi) is 7.34. The molecule has 0 bridgehead atoms. The number of carbonyl (C=O) groups is 1. The Morgan fingerprint density at radius 3 is 2.10 bits per heavy atom. The molecule has 0 spiro atoms. The first-order chi connectivity index (χ1) is 4.04. The maximum atomic E-state index is 10.1. The summed E-state index contributed by atoms with van der Waals surface area (Å²) in [6.07, 6.45) is 0.551. The van der Waals surface area contributed by atoms with Gasteiger partial charge in [0, 0.05) is 0 Å². The van der Waals surface area contributed by atoms with Gasteiger partial charge < -0.3 is 10.8 Å². The average molecular weight is 139 g/mol. The zero-order chi connectivity index (χ0) is 7.44. The molecule has 0 saturated carbocycles. The molecule has 56 valence electrons. The van der Waals surface area contributed by atoms with Crippen molar-refractivity contribution in [1.29, 1.82) is 0 Å². The zero-order valence-corrected chi connectivity index (χ0v) is 5.79. The minimum absolute atomic E-state index is 0. The summed E-state index contributed by atoms with van der Waals surface area (Å²) in [6, 6.07) is -0.690. The Bertz CT molecular complexity index is 106. The molecule has 3 nitrogen and oxygen atoms in total. The van der Waals surface area contributed by atoms with E-state index in [2.05, 4.69) is 0 Å². The first-order valence-electron chi connectivity index (χ1n) is 3.02. The molecule has 1 unspecified atom stereocenters. The van der Waals surface area contributed by atoms with E-state index in [0.717, 1.165) is 0 Å². The quantitative estimate of drug-likeness (QED) is 0.532. The molecule has 1 atom stereocenters. The maximum absolute atomic E-state index is 10.1. The van der Waals surface area contributed by atoms with E-state index in [9.17, 15) is 4.79 Å². The number of rotatable bonds is 3. The SMILES string of the molecule is CC(C)CC(N)C(=O)O.[LiH]. The summed E-state index contributed by atoms with van der Waals surface area (Å²) >= 11 is 0. The van der Waals surface area contributed by atoms with E-state index in [1.165, 1.54) is 0 Å². The van der Waals surface area contributed by atoms with Crippen molar-refractivity contribution in [3.8, 4) is 0 Å². The van der Waals surface area contributed by atoms with Gasteiger partial charge in [-0.25, -0.2) is 0 Å². The third-order valence-corrected chi connectivity index (χ3v) is 1.04. The molecular weight excluding hydrogens is 125 g/mol. The first kappa shape index (κ1) is 12.7. The van der Waals surface area contributed by atoms with Crippen molar-refractivity contribution in [2.24, 2.45) is 11.7 Å². The predicted octanol–water partition coefficient (Wildman–Crippen LogP) is -0.204. The minimum atomic E-state index is -0.913. The third kappa shape index (κ3) is 6.15.